The molecule has 1 fully saturated rings. The quantitative estimate of drug-likeness (QED) is 0.449. The summed E-state index contributed by atoms with van der Waals surface area (Å²) in [4.78, 5) is 49.6. The minimum atomic E-state index is -2.97. The van der Waals surface area contributed by atoms with Crippen LogP contribution in [0, 0.1) is 6.92 Å². The van der Waals surface area contributed by atoms with E-state index in [1.54, 1.807) is 24.0 Å². The molecule has 4 heterocycles. The third kappa shape index (κ3) is 6.43. The Morgan fingerprint density at radius 2 is 2.08 bits per heavy atom. The first-order valence-electron chi connectivity index (χ1n) is 12.8. The van der Waals surface area contributed by atoms with Gasteiger partial charge in [-0.3, -0.25) is 19.4 Å². The molecule has 1 unspecified atom stereocenters. The molecular weight excluding hydrogens is 496 g/mol. The van der Waals surface area contributed by atoms with Gasteiger partial charge in [0.15, 0.2) is 6.61 Å². The number of carbonyl (C=O) groups excluding carboxylic acids is 3. The van der Waals surface area contributed by atoms with Crippen LogP contribution in [0.15, 0.2) is 24.5 Å². The predicted octanol–water partition coefficient (Wildman–Crippen LogP) is 3.21. The number of aromatic nitrogens is 2. The predicted molar refractivity (Wildman–Crippen MR) is 135 cm³/mol. The van der Waals surface area contributed by atoms with Gasteiger partial charge in [0.2, 0.25) is 17.7 Å². The lowest BCUT2D eigenvalue weighted by Gasteiger charge is -2.25. The summed E-state index contributed by atoms with van der Waals surface area (Å²) < 4.78 is 31.4. The van der Waals surface area contributed by atoms with Gasteiger partial charge >= 0.3 is 0 Å². The molecule has 0 aliphatic carbocycles. The normalized spacial score (nSPS) is 16.1. The number of amides is 3. The van der Waals surface area contributed by atoms with Crippen molar-refractivity contribution in [2.24, 2.45) is 0 Å². The highest BCUT2D eigenvalue weighted by atomic mass is 19.3. The monoisotopic (exact) mass is 529 g/mol. The molecule has 9 nitrogen and oxygen atoms in total. The Labute approximate surface area is 220 Å². The van der Waals surface area contributed by atoms with Gasteiger partial charge in [0.05, 0.1) is 18.2 Å². The number of hydrogen-bond acceptors (Lipinski definition) is 6. The molecule has 0 saturated carbocycles. The molecule has 11 heteroatoms. The van der Waals surface area contributed by atoms with E-state index < -0.39 is 12.5 Å². The van der Waals surface area contributed by atoms with E-state index in [9.17, 15) is 23.2 Å². The van der Waals surface area contributed by atoms with Crippen molar-refractivity contribution >= 4 is 17.7 Å². The SMILES string of the molecule is Cc1cc(C(C)N2Cc3c(ccnc3CC(=O)NCCCN3CCCC3=O)C2=O)cnc1OCC(C)(F)F. The van der Waals surface area contributed by atoms with Crippen molar-refractivity contribution in [1.29, 1.82) is 0 Å². The number of fused-ring (bicyclic) bond motifs is 1. The van der Waals surface area contributed by atoms with Crippen LogP contribution in [0.25, 0.3) is 0 Å². The van der Waals surface area contributed by atoms with Crippen LogP contribution in [0.2, 0.25) is 0 Å². The molecule has 4 rings (SSSR count). The van der Waals surface area contributed by atoms with Crippen LogP contribution in [0.4, 0.5) is 8.78 Å². The Morgan fingerprint density at radius 1 is 1.29 bits per heavy atom. The molecule has 0 bridgehead atoms. The zero-order valence-electron chi connectivity index (χ0n) is 21.9. The van der Waals surface area contributed by atoms with Crippen molar-refractivity contribution in [3.8, 4) is 5.88 Å². The van der Waals surface area contributed by atoms with E-state index in [-0.39, 0.29) is 36.1 Å². The Bertz CT molecular complexity index is 1220. The molecular formula is C27H33F2N5O4. The first-order valence-corrected chi connectivity index (χ1v) is 12.8. The third-order valence-corrected chi connectivity index (χ3v) is 6.85. The minimum absolute atomic E-state index is 0.0517. The van der Waals surface area contributed by atoms with Gasteiger partial charge in [-0.15, -0.1) is 0 Å². The highest BCUT2D eigenvalue weighted by molar-refractivity contribution is 5.99. The van der Waals surface area contributed by atoms with Crippen molar-refractivity contribution in [3.05, 3.63) is 52.5 Å². The number of likely N-dealkylation sites (tertiary alicyclic amines) is 1. The average molecular weight is 530 g/mol. The second-order valence-corrected chi connectivity index (χ2v) is 10.0. The summed E-state index contributed by atoms with van der Waals surface area (Å²) in [5, 5.41) is 2.88. The first-order chi connectivity index (χ1) is 18.0. The second kappa shape index (κ2) is 11.4. The van der Waals surface area contributed by atoms with Crippen LogP contribution in [0.3, 0.4) is 0 Å². The molecule has 0 radical (unpaired) electrons. The van der Waals surface area contributed by atoms with Crippen molar-refractivity contribution in [2.45, 2.75) is 65.0 Å². The zero-order valence-corrected chi connectivity index (χ0v) is 21.9. The van der Waals surface area contributed by atoms with Crippen LogP contribution in [-0.2, 0) is 22.6 Å². The van der Waals surface area contributed by atoms with Gasteiger partial charge in [-0.25, -0.2) is 13.8 Å². The fourth-order valence-electron chi connectivity index (χ4n) is 4.77. The fraction of sp³-hybridized carbons (Fsp3) is 0.519. The second-order valence-electron chi connectivity index (χ2n) is 10.0. The number of halogens is 2. The molecule has 38 heavy (non-hydrogen) atoms. The van der Waals surface area contributed by atoms with Gasteiger partial charge in [-0.05, 0) is 44.4 Å². The number of aryl methyl sites for hydroxylation is 1. The summed E-state index contributed by atoms with van der Waals surface area (Å²) in [5.74, 6) is -3.03. The van der Waals surface area contributed by atoms with E-state index in [0.29, 0.717) is 49.3 Å². The van der Waals surface area contributed by atoms with Crippen molar-refractivity contribution in [1.82, 2.24) is 25.1 Å². The summed E-state index contributed by atoms with van der Waals surface area (Å²) in [6.45, 7) is 5.76. The molecule has 0 aromatic carbocycles. The molecule has 1 saturated heterocycles. The summed E-state index contributed by atoms with van der Waals surface area (Å²) in [6.07, 6.45) is 5.28. The van der Waals surface area contributed by atoms with Crippen LogP contribution in [0.1, 0.15) is 71.9 Å². The van der Waals surface area contributed by atoms with Crippen LogP contribution < -0.4 is 10.1 Å². The maximum atomic E-state index is 13.2. The lowest BCUT2D eigenvalue weighted by atomic mass is 10.1. The van der Waals surface area contributed by atoms with Gasteiger partial charge in [-0.2, -0.15) is 0 Å². The topological polar surface area (TPSA) is 105 Å². The molecule has 0 spiro atoms. The summed E-state index contributed by atoms with van der Waals surface area (Å²) in [5.41, 5.74) is 3.11. The molecule has 2 aliphatic heterocycles. The largest absolute Gasteiger partial charge is 0.471 e. The molecule has 2 aromatic heterocycles. The van der Waals surface area contributed by atoms with Gasteiger partial charge in [0, 0.05) is 68.6 Å². The van der Waals surface area contributed by atoms with Gasteiger partial charge in [-0.1, -0.05) is 0 Å². The standard InChI is InChI=1S/C27H33F2N5O4/c1-17-12-19(14-32-25(17)38-16-27(3,28)29)18(2)34-15-21-20(26(34)37)7-9-30-22(21)13-23(35)31-8-5-11-33-10-4-6-24(33)36/h7,9,12,14,18H,4-6,8,10-11,13,15-16H2,1-3H3,(H,31,35). The maximum Gasteiger partial charge on any atom is 0.278 e. The van der Waals surface area contributed by atoms with Crippen molar-refractivity contribution in [2.75, 3.05) is 26.2 Å². The Hall–Kier alpha value is -3.63. The lowest BCUT2D eigenvalue weighted by Crippen LogP contribution is -2.31. The number of rotatable bonds is 11. The zero-order chi connectivity index (χ0) is 27.4. The van der Waals surface area contributed by atoms with Crippen LogP contribution >= 0.6 is 0 Å². The van der Waals surface area contributed by atoms with E-state index in [1.165, 1.54) is 12.4 Å². The number of hydrogen-bond donors (Lipinski definition) is 1. The minimum Gasteiger partial charge on any atom is -0.471 e. The van der Waals surface area contributed by atoms with Crippen molar-refractivity contribution < 1.29 is 27.9 Å². The van der Waals surface area contributed by atoms with E-state index in [1.807, 2.05) is 11.8 Å². The fourth-order valence-corrected chi connectivity index (χ4v) is 4.77. The van der Waals surface area contributed by atoms with Gasteiger partial charge < -0.3 is 19.9 Å². The summed E-state index contributed by atoms with van der Waals surface area (Å²) in [7, 11) is 0. The Morgan fingerprint density at radius 3 is 2.76 bits per heavy atom. The molecule has 2 aromatic rings. The molecule has 1 atom stereocenters. The summed E-state index contributed by atoms with van der Waals surface area (Å²) in [6, 6.07) is 3.08. The van der Waals surface area contributed by atoms with Crippen LogP contribution in [0.5, 0.6) is 5.88 Å². The van der Waals surface area contributed by atoms with E-state index in [0.717, 1.165) is 31.0 Å². The van der Waals surface area contributed by atoms with Gasteiger partial charge in [0.25, 0.3) is 11.8 Å². The first kappa shape index (κ1) is 27.4. The number of nitrogens with zero attached hydrogens (tertiary/aromatic N) is 4. The summed E-state index contributed by atoms with van der Waals surface area (Å²) >= 11 is 0. The maximum absolute atomic E-state index is 13.2. The highest BCUT2D eigenvalue weighted by Gasteiger charge is 2.34. The van der Waals surface area contributed by atoms with E-state index >= 15 is 0 Å². The molecule has 3 amide bonds. The Balaban J connectivity index is 1.36. The average Bonchev–Trinajstić information content (AvgIpc) is 3.43. The Kier molecular flexibility index (Phi) is 8.23. The highest BCUT2D eigenvalue weighted by Crippen LogP contribution is 2.33. The number of nitrogens with one attached hydrogen (secondary N) is 1. The third-order valence-electron chi connectivity index (χ3n) is 6.85. The molecule has 1 N–H and O–H groups in total. The van der Waals surface area contributed by atoms with E-state index in [2.05, 4.69) is 15.3 Å². The molecule has 2 aliphatic rings. The number of carbonyl (C=O) groups is 3. The number of alkyl halides is 2. The number of pyridine rings is 2. The van der Waals surface area contributed by atoms with E-state index in [4.69, 9.17) is 4.74 Å². The number of ether oxygens (including phenoxy) is 1. The molecule has 204 valence electrons. The van der Waals surface area contributed by atoms with Crippen LogP contribution in [-0.4, -0.2) is 69.7 Å². The lowest BCUT2D eigenvalue weighted by molar-refractivity contribution is -0.127. The van der Waals surface area contributed by atoms with Crippen molar-refractivity contribution in [3.63, 3.8) is 0 Å². The van der Waals surface area contributed by atoms with Gasteiger partial charge in [0.1, 0.15) is 0 Å². The smallest absolute Gasteiger partial charge is 0.278 e.